The van der Waals surface area contributed by atoms with Crippen LogP contribution in [0.2, 0.25) is 0 Å². The largest absolute Gasteiger partial charge is 2.00 e. The molecule has 4 rings (SSSR count). The molecule has 0 N–H and O–H groups in total. The zero-order chi connectivity index (χ0) is 23.5. The number of rotatable bonds is 6. The fourth-order valence-corrected chi connectivity index (χ4v) is 2.94. The van der Waals surface area contributed by atoms with Gasteiger partial charge in [-0.2, -0.15) is 0 Å². The van der Waals surface area contributed by atoms with Gasteiger partial charge in [-0.15, -0.1) is 16.4 Å². The fourth-order valence-electron chi connectivity index (χ4n) is 2.94. The number of fused-ring (bicyclic) bond motifs is 1. The van der Waals surface area contributed by atoms with Crippen molar-refractivity contribution in [2.45, 2.75) is 0 Å². The Morgan fingerprint density at radius 2 is 1.11 bits per heavy atom. The van der Waals surface area contributed by atoms with Crippen LogP contribution in [0, 0.1) is 4.91 Å². The first kappa shape index (κ1) is 30.8. The molecule has 0 radical (unpaired) electrons. The van der Waals surface area contributed by atoms with E-state index in [9.17, 15) is 20.2 Å². The van der Waals surface area contributed by atoms with Crippen LogP contribution in [-0.2, 0) is 16.5 Å². The van der Waals surface area contributed by atoms with Crippen molar-refractivity contribution in [2.75, 3.05) is 13.1 Å². The van der Waals surface area contributed by atoms with Crippen LogP contribution in [0.4, 0.5) is 5.69 Å². The van der Waals surface area contributed by atoms with Gasteiger partial charge in [-0.1, -0.05) is 90.7 Å². The molecule has 0 aliphatic rings. The predicted molar refractivity (Wildman–Crippen MR) is 126 cm³/mol. The molecule has 9 heteroatoms. The van der Waals surface area contributed by atoms with Crippen molar-refractivity contribution in [3.05, 3.63) is 101 Å². The zero-order valence-corrected chi connectivity index (χ0v) is 24.8. The molecule has 35 heavy (non-hydrogen) atoms. The van der Waals surface area contributed by atoms with Crippen molar-refractivity contribution in [1.82, 2.24) is 0 Å². The summed E-state index contributed by atoms with van der Waals surface area (Å²) in [6.45, 7) is 0.956. The summed E-state index contributed by atoms with van der Waals surface area (Å²) in [5.41, 5.74) is 1.14. The van der Waals surface area contributed by atoms with E-state index < -0.39 is 0 Å². The normalized spacial score (nSPS) is 10.3. The second-order valence-electron chi connectivity index (χ2n) is 6.87. The number of aliphatic imine (C=N–C) groups is 2. The molecular weight excluding hydrogens is 562 g/mol. The van der Waals surface area contributed by atoms with Gasteiger partial charge in [0.25, 0.3) is 0 Å². The molecule has 0 spiro atoms. The number of para-hydroxylation sites is 2. The number of nitroso groups, excluding NO2 is 1. The van der Waals surface area contributed by atoms with Gasteiger partial charge in [-0.25, -0.2) is 0 Å². The van der Waals surface area contributed by atoms with E-state index in [0.717, 1.165) is 5.39 Å². The average molecular weight is 583 g/mol. The maximum absolute atomic E-state index is 11.4. The van der Waals surface area contributed by atoms with Gasteiger partial charge in [-0.05, 0) is 21.7 Å². The molecule has 0 aromatic heterocycles. The van der Waals surface area contributed by atoms with Gasteiger partial charge in [0.2, 0.25) is 0 Å². The first-order valence-electron chi connectivity index (χ1n) is 10.1. The van der Waals surface area contributed by atoms with E-state index in [1.165, 1.54) is 18.2 Å². The van der Waals surface area contributed by atoms with Crippen molar-refractivity contribution < 1.29 is 90.0 Å². The molecule has 0 saturated carbocycles. The summed E-state index contributed by atoms with van der Waals surface area (Å²) >= 11 is 0. The standard InChI is InChI=1S/C16H16N2O2.C10H7NO2.Ni.Rb/c19-15-7-3-1-5-13(15)11-17-9-10-18-12-14-6-2-4-8-16(14)20;12-9-6-5-7-3-1-2-4-8(7)10(9)11-13;;/h1-8,11-12,19-20H,9-10H2;1-6,12H;;/q;;+2;+1/p-3. The molecule has 0 aliphatic heterocycles. The SMILES string of the molecule is O=Nc1c([O-])ccc2ccccc12.[Ni+2].[O-]c1ccccc1C=NCCN=Cc1ccccc1[O-].[Rb+]. The van der Waals surface area contributed by atoms with Crippen molar-refractivity contribution in [2.24, 2.45) is 15.2 Å². The Kier molecular flexibility index (Phi) is 14.5. The Balaban J connectivity index is 0.000000356. The van der Waals surface area contributed by atoms with Gasteiger partial charge >= 0.3 is 74.7 Å². The van der Waals surface area contributed by atoms with Crippen molar-refractivity contribution in [3.8, 4) is 17.2 Å². The quantitative estimate of drug-likeness (QED) is 0.144. The second-order valence-corrected chi connectivity index (χ2v) is 6.87. The number of hydrogen-bond donors (Lipinski definition) is 0. The summed E-state index contributed by atoms with van der Waals surface area (Å²) in [5.74, 6) is -0.409. The molecular formula is C26H20N3NiO4Rb. The van der Waals surface area contributed by atoms with Gasteiger partial charge in [0.1, 0.15) is 5.69 Å². The summed E-state index contributed by atoms with van der Waals surface area (Å²) < 4.78 is 0. The van der Waals surface area contributed by atoms with Crippen molar-refractivity contribution in [1.29, 1.82) is 0 Å². The first-order chi connectivity index (χ1) is 16.1. The van der Waals surface area contributed by atoms with Gasteiger partial charge in [0.15, 0.2) is 0 Å². The molecule has 0 amide bonds. The minimum Gasteiger partial charge on any atom is -0.872 e. The van der Waals surface area contributed by atoms with Crippen LogP contribution in [0.3, 0.4) is 0 Å². The van der Waals surface area contributed by atoms with E-state index in [-0.39, 0.29) is 97.6 Å². The topological polar surface area (TPSA) is 123 Å². The van der Waals surface area contributed by atoms with Crippen LogP contribution >= 0.6 is 0 Å². The molecule has 0 atom stereocenters. The molecule has 0 aliphatic carbocycles. The zero-order valence-electron chi connectivity index (χ0n) is 18.9. The molecule has 0 unspecified atom stereocenters. The van der Waals surface area contributed by atoms with Crippen LogP contribution in [0.25, 0.3) is 10.8 Å². The summed E-state index contributed by atoms with van der Waals surface area (Å²) in [6.07, 6.45) is 3.11. The minimum absolute atomic E-state index is 0. The van der Waals surface area contributed by atoms with Crippen molar-refractivity contribution >= 4 is 28.9 Å². The molecule has 7 nitrogen and oxygen atoms in total. The molecule has 0 heterocycles. The van der Waals surface area contributed by atoms with E-state index in [4.69, 9.17) is 0 Å². The number of nitrogens with zero attached hydrogens (tertiary/aromatic N) is 3. The van der Waals surface area contributed by atoms with Gasteiger partial charge in [0.05, 0.1) is 13.1 Å². The van der Waals surface area contributed by atoms with Gasteiger partial charge in [-0.3, -0.25) is 9.98 Å². The Morgan fingerprint density at radius 1 is 0.629 bits per heavy atom. The van der Waals surface area contributed by atoms with E-state index in [1.807, 2.05) is 12.1 Å². The Morgan fingerprint density at radius 3 is 1.63 bits per heavy atom. The molecule has 0 fully saturated rings. The Hall–Kier alpha value is -2.22. The summed E-state index contributed by atoms with van der Waals surface area (Å²) in [7, 11) is 0. The predicted octanol–water partition coefficient (Wildman–Crippen LogP) is 0.685. The molecule has 4 aromatic rings. The summed E-state index contributed by atoms with van der Waals surface area (Å²) in [5, 5.41) is 38.2. The fraction of sp³-hybridized carbons (Fsp3) is 0.0769. The van der Waals surface area contributed by atoms with Crippen LogP contribution in [0.1, 0.15) is 11.1 Å². The molecule has 0 saturated heterocycles. The van der Waals surface area contributed by atoms with E-state index in [1.54, 1.807) is 67.0 Å². The monoisotopic (exact) mass is 581 g/mol. The maximum Gasteiger partial charge on any atom is 2.00 e. The van der Waals surface area contributed by atoms with Crippen LogP contribution in [0.5, 0.6) is 17.2 Å². The van der Waals surface area contributed by atoms with E-state index in [2.05, 4.69) is 15.2 Å². The third kappa shape index (κ3) is 9.39. The van der Waals surface area contributed by atoms with Crippen molar-refractivity contribution in [3.63, 3.8) is 0 Å². The van der Waals surface area contributed by atoms with Crippen LogP contribution in [0.15, 0.2) is 100 Å². The van der Waals surface area contributed by atoms with Gasteiger partial charge in [0, 0.05) is 17.8 Å². The minimum atomic E-state index is -0.325. The average Bonchev–Trinajstić information content (AvgIpc) is 2.84. The third-order valence-electron chi connectivity index (χ3n) is 4.61. The number of benzene rings is 4. The van der Waals surface area contributed by atoms with Crippen LogP contribution in [-0.4, -0.2) is 25.5 Å². The summed E-state index contributed by atoms with van der Waals surface area (Å²) in [6, 6.07) is 23.7. The van der Waals surface area contributed by atoms with E-state index in [0.29, 0.717) is 29.6 Å². The molecule has 4 aromatic carbocycles. The molecule has 0 bridgehead atoms. The van der Waals surface area contributed by atoms with Crippen LogP contribution < -0.4 is 73.5 Å². The Bertz CT molecular complexity index is 1240. The summed E-state index contributed by atoms with van der Waals surface area (Å²) in [4.78, 5) is 18.7. The first-order valence-corrected chi connectivity index (χ1v) is 10.1. The number of hydrogen-bond acceptors (Lipinski definition) is 7. The Labute approximate surface area is 262 Å². The molecule has 174 valence electrons. The third-order valence-corrected chi connectivity index (χ3v) is 4.61. The van der Waals surface area contributed by atoms with E-state index >= 15 is 0 Å². The smallest absolute Gasteiger partial charge is 0.872 e. The maximum atomic E-state index is 11.4. The van der Waals surface area contributed by atoms with Gasteiger partial charge < -0.3 is 15.3 Å². The second kappa shape index (κ2) is 16.5.